The number of carbonyl (C=O) groups is 2. The molecule has 27 heavy (non-hydrogen) atoms. The van der Waals surface area contributed by atoms with Crippen LogP contribution in [0.1, 0.15) is 39.7 Å². The number of nitriles is 1. The highest BCUT2D eigenvalue weighted by molar-refractivity contribution is 9.10. The Kier molecular flexibility index (Phi) is 6.71. The molecule has 146 valence electrons. The molecule has 0 aliphatic carbocycles. The number of hydrogen-bond donors (Lipinski definition) is 2. The maximum absolute atomic E-state index is 12.4. The van der Waals surface area contributed by atoms with Crippen LogP contribution in [-0.4, -0.2) is 42.8 Å². The largest absolute Gasteiger partial charge is 0.444 e. The van der Waals surface area contributed by atoms with Crippen molar-refractivity contribution in [2.45, 2.75) is 51.8 Å². The lowest BCUT2D eigenvalue weighted by Crippen LogP contribution is -2.49. The predicted molar refractivity (Wildman–Crippen MR) is 106 cm³/mol. The Morgan fingerprint density at radius 2 is 2.11 bits per heavy atom. The quantitative estimate of drug-likeness (QED) is 0.756. The summed E-state index contributed by atoms with van der Waals surface area (Å²) in [5.74, 6) is -0.260. The van der Waals surface area contributed by atoms with Crippen LogP contribution in [-0.2, 0) is 9.53 Å². The molecule has 2 unspecified atom stereocenters. The summed E-state index contributed by atoms with van der Waals surface area (Å²) in [7, 11) is 0. The number of amides is 2. The maximum atomic E-state index is 12.4. The van der Waals surface area contributed by atoms with E-state index in [0.717, 1.165) is 23.1 Å². The van der Waals surface area contributed by atoms with E-state index >= 15 is 0 Å². The van der Waals surface area contributed by atoms with Crippen LogP contribution < -0.4 is 15.5 Å². The predicted octanol–water partition coefficient (Wildman–Crippen LogP) is 2.93. The third kappa shape index (κ3) is 6.14. The molecule has 1 aromatic carbocycles. The summed E-state index contributed by atoms with van der Waals surface area (Å²) >= 11 is 3.37. The van der Waals surface area contributed by atoms with Gasteiger partial charge in [0, 0.05) is 23.6 Å². The van der Waals surface area contributed by atoms with Crippen molar-refractivity contribution in [3.63, 3.8) is 0 Å². The van der Waals surface area contributed by atoms with Gasteiger partial charge in [-0.25, -0.2) is 4.79 Å². The van der Waals surface area contributed by atoms with E-state index in [1.165, 1.54) is 0 Å². The summed E-state index contributed by atoms with van der Waals surface area (Å²) in [4.78, 5) is 26.2. The van der Waals surface area contributed by atoms with Crippen molar-refractivity contribution in [2.24, 2.45) is 0 Å². The molecule has 2 amide bonds. The van der Waals surface area contributed by atoms with Crippen LogP contribution in [0.2, 0.25) is 0 Å². The Hall–Kier alpha value is -2.27. The van der Waals surface area contributed by atoms with Gasteiger partial charge in [0.05, 0.1) is 11.3 Å². The number of ether oxygens (including phenoxy) is 1. The molecular weight excluding hydrogens is 412 g/mol. The lowest BCUT2D eigenvalue weighted by atomic mass is 10.2. The van der Waals surface area contributed by atoms with Crippen LogP contribution in [0.3, 0.4) is 0 Å². The first-order valence-electron chi connectivity index (χ1n) is 8.83. The molecule has 1 fully saturated rings. The van der Waals surface area contributed by atoms with Crippen LogP contribution in [0.5, 0.6) is 0 Å². The SMILES string of the molecule is CC(NC(=O)OC(C)(C)C)C(=O)NC1CCN(c2ccc(Br)cc2C#N)C1. The van der Waals surface area contributed by atoms with Crippen molar-refractivity contribution in [3.8, 4) is 6.07 Å². The van der Waals surface area contributed by atoms with Crippen molar-refractivity contribution in [2.75, 3.05) is 18.0 Å². The molecule has 0 spiro atoms. The van der Waals surface area contributed by atoms with E-state index in [9.17, 15) is 14.9 Å². The molecule has 7 nitrogen and oxygen atoms in total. The van der Waals surface area contributed by atoms with Crippen molar-refractivity contribution in [1.29, 1.82) is 5.26 Å². The monoisotopic (exact) mass is 436 g/mol. The summed E-state index contributed by atoms with van der Waals surface area (Å²) in [6, 6.07) is 7.05. The van der Waals surface area contributed by atoms with Crippen molar-refractivity contribution in [3.05, 3.63) is 28.2 Å². The van der Waals surface area contributed by atoms with Crippen LogP contribution in [0.4, 0.5) is 10.5 Å². The van der Waals surface area contributed by atoms with Gasteiger partial charge in [0.1, 0.15) is 17.7 Å². The zero-order valence-electron chi connectivity index (χ0n) is 16.0. The fraction of sp³-hybridized carbons (Fsp3) is 0.526. The number of nitrogens with zero attached hydrogens (tertiary/aromatic N) is 2. The van der Waals surface area contributed by atoms with Gasteiger partial charge in [0.25, 0.3) is 0 Å². The first-order chi connectivity index (χ1) is 12.6. The molecule has 2 atom stereocenters. The van der Waals surface area contributed by atoms with E-state index in [1.54, 1.807) is 33.8 Å². The fourth-order valence-corrected chi connectivity index (χ4v) is 3.21. The van der Waals surface area contributed by atoms with E-state index in [2.05, 4.69) is 37.5 Å². The topological polar surface area (TPSA) is 94.5 Å². The summed E-state index contributed by atoms with van der Waals surface area (Å²) in [6.07, 6.45) is 0.151. The van der Waals surface area contributed by atoms with Gasteiger partial charge in [-0.2, -0.15) is 5.26 Å². The highest BCUT2D eigenvalue weighted by Crippen LogP contribution is 2.27. The molecule has 1 aliphatic heterocycles. The second-order valence-corrected chi connectivity index (χ2v) is 8.50. The normalized spacial score (nSPS) is 17.8. The average Bonchev–Trinajstić information content (AvgIpc) is 3.00. The van der Waals surface area contributed by atoms with Gasteiger partial charge < -0.3 is 20.3 Å². The van der Waals surface area contributed by atoms with Gasteiger partial charge in [0.15, 0.2) is 0 Å². The molecule has 1 heterocycles. The number of hydrogen-bond acceptors (Lipinski definition) is 5. The van der Waals surface area contributed by atoms with Gasteiger partial charge in [0.2, 0.25) is 5.91 Å². The Bertz CT molecular complexity index is 754. The smallest absolute Gasteiger partial charge is 0.408 e. The fourth-order valence-electron chi connectivity index (χ4n) is 2.85. The number of benzene rings is 1. The van der Waals surface area contributed by atoms with E-state index in [-0.39, 0.29) is 11.9 Å². The third-order valence-corrected chi connectivity index (χ3v) is 4.57. The summed E-state index contributed by atoms with van der Waals surface area (Å²) in [5, 5.41) is 14.8. The van der Waals surface area contributed by atoms with Gasteiger partial charge in [-0.05, 0) is 52.3 Å². The molecular formula is C19H25BrN4O3. The molecule has 1 saturated heterocycles. The van der Waals surface area contributed by atoms with E-state index < -0.39 is 17.7 Å². The number of rotatable bonds is 4. The lowest BCUT2D eigenvalue weighted by molar-refractivity contribution is -0.123. The Labute approximate surface area is 168 Å². The van der Waals surface area contributed by atoms with Crippen LogP contribution in [0.25, 0.3) is 0 Å². The van der Waals surface area contributed by atoms with Crippen molar-refractivity contribution >= 4 is 33.6 Å². The van der Waals surface area contributed by atoms with Crippen LogP contribution in [0.15, 0.2) is 22.7 Å². The Balaban J connectivity index is 1.90. The van der Waals surface area contributed by atoms with Crippen LogP contribution >= 0.6 is 15.9 Å². The van der Waals surface area contributed by atoms with Gasteiger partial charge >= 0.3 is 6.09 Å². The van der Waals surface area contributed by atoms with Gasteiger partial charge in [-0.3, -0.25) is 4.79 Å². The molecule has 2 N–H and O–H groups in total. The summed E-state index contributed by atoms with van der Waals surface area (Å²) < 4.78 is 6.02. The number of anilines is 1. The molecule has 2 rings (SSSR count). The molecule has 0 saturated carbocycles. The minimum absolute atomic E-state index is 0.0458. The second kappa shape index (κ2) is 8.61. The maximum Gasteiger partial charge on any atom is 0.408 e. The highest BCUT2D eigenvalue weighted by atomic mass is 79.9. The zero-order valence-corrected chi connectivity index (χ0v) is 17.6. The summed E-state index contributed by atoms with van der Waals surface area (Å²) in [5.41, 5.74) is 0.837. The zero-order chi connectivity index (χ0) is 20.2. The number of halogens is 1. The van der Waals surface area contributed by atoms with Crippen molar-refractivity contribution < 1.29 is 14.3 Å². The highest BCUT2D eigenvalue weighted by Gasteiger charge is 2.28. The minimum atomic E-state index is -0.698. The Morgan fingerprint density at radius 1 is 1.41 bits per heavy atom. The number of nitrogens with one attached hydrogen (secondary N) is 2. The van der Waals surface area contributed by atoms with E-state index in [1.807, 2.05) is 12.1 Å². The average molecular weight is 437 g/mol. The summed E-state index contributed by atoms with van der Waals surface area (Å²) in [6.45, 7) is 8.27. The van der Waals surface area contributed by atoms with Gasteiger partial charge in [-0.1, -0.05) is 15.9 Å². The number of alkyl carbamates (subject to hydrolysis) is 1. The number of carbonyl (C=O) groups excluding carboxylic acids is 2. The molecule has 0 bridgehead atoms. The molecule has 0 radical (unpaired) electrons. The van der Waals surface area contributed by atoms with Gasteiger partial charge in [-0.15, -0.1) is 0 Å². The van der Waals surface area contributed by atoms with E-state index in [4.69, 9.17) is 4.74 Å². The first-order valence-corrected chi connectivity index (χ1v) is 9.63. The standard InChI is InChI=1S/C19H25BrN4O3/c1-12(22-18(26)27-19(2,3)4)17(25)23-15-7-8-24(11-15)16-6-5-14(20)9-13(16)10-21/h5-6,9,12,15H,7-8,11H2,1-4H3,(H,22,26)(H,23,25). The Morgan fingerprint density at radius 3 is 2.74 bits per heavy atom. The first kappa shape index (κ1) is 21.0. The van der Waals surface area contributed by atoms with E-state index in [0.29, 0.717) is 12.1 Å². The minimum Gasteiger partial charge on any atom is -0.444 e. The molecule has 1 aromatic rings. The molecule has 1 aliphatic rings. The second-order valence-electron chi connectivity index (χ2n) is 7.58. The molecule has 0 aromatic heterocycles. The third-order valence-electron chi connectivity index (χ3n) is 4.08. The molecule has 8 heteroatoms. The lowest BCUT2D eigenvalue weighted by Gasteiger charge is -2.23. The van der Waals surface area contributed by atoms with Crippen molar-refractivity contribution in [1.82, 2.24) is 10.6 Å². The van der Waals surface area contributed by atoms with Crippen LogP contribution in [0, 0.1) is 11.3 Å².